The van der Waals surface area contributed by atoms with Crippen LogP contribution in [0.25, 0.3) is 21.9 Å². The molecule has 130 valence electrons. The number of nitrogens with zero attached hydrogens (tertiary/aromatic N) is 1. The number of ether oxygens (including phenoxy) is 2. The Morgan fingerprint density at radius 2 is 1.46 bits per heavy atom. The van der Waals surface area contributed by atoms with Crippen molar-refractivity contribution in [2.24, 2.45) is 5.84 Å². The fourth-order valence-electron chi connectivity index (χ4n) is 3.44. The van der Waals surface area contributed by atoms with Gasteiger partial charge in [-0.1, -0.05) is 30.3 Å². The lowest BCUT2D eigenvalue weighted by Crippen LogP contribution is -2.36. The Kier molecular flexibility index (Phi) is 3.63. The quantitative estimate of drug-likeness (QED) is 0.447. The molecule has 1 aliphatic rings. The van der Waals surface area contributed by atoms with Crippen LogP contribution in [0.15, 0.2) is 48.5 Å². The van der Waals surface area contributed by atoms with E-state index in [9.17, 15) is 9.59 Å². The van der Waals surface area contributed by atoms with Crippen molar-refractivity contribution in [2.75, 3.05) is 14.2 Å². The predicted octanol–water partition coefficient (Wildman–Crippen LogP) is 2.99. The Labute approximate surface area is 149 Å². The number of hydrogen-bond acceptors (Lipinski definition) is 5. The van der Waals surface area contributed by atoms with Crippen LogP contribution in [0.1, 0.15) is 20.7 Å². The number of fused-ring (bicyclic) bond motifs is 2. The number of carbonyl (C=O) groups excluding carboxylic acids is 2. The lowest BCUT2D eigenvalue weighted by Gasteiger charge is -2.15. The Hall–Kier alpha value is -3.38. The number of hydrazine groups is 1. The molecule has 0 radical (unpaired) electrons. The number of amides is 2. The third-order valence-electron chi connectivity index (χ3n) is 4.62. The van der Waals surface area contributed by atoms with Gasteiger partial charge in [-0.25, -0.2) is 10.9 Å². The van der Waals surface area contributed by atoms with E-state index in [1.807, 2.05) is 42.5 Å². The van der Waals surface area contributed by atoms with Crippen molar-refractivity contribution < 1.29 is 19.1 Å². The molecule has 3 aromatic rings. The van der Waals surface area contributed by atoms with E-state index >= 15 is 0 Å². The van der Waals surface area contributed by atoms with Crippen LogP contribution in [-0.4, -0.2) is 31.0 Å². The molecule has 0 aliphatic carbocycles. The lowest BCUT2D eigenvalue weighted by molar-refractivity contribution is 0.0654. The topological polar surface area (TPSA) is 81.9 Å². The van der Waals surface area contributed by atoms with Gasteiger partial charge in [0.25, 0.3) is 11.8 Å². The fourth-order valence-corrected chi connectivity index (χ4v) is 3.44. The van der Waals surface area contributed by atoms with Crippen molar-refractivity contribution in [2.45, 2.75) is 0 Å². The number of benzene rings is 3. The van der Waals surface area contributed by atoms with E-state index in [1.165, 1.54) is 0 Å². The molecule has 1 aliphatic heterocycles. The van der Waals surface area contributed by atoms with Crippen LogP contribution in [0.5, 0.6) is 11.5 Å². The van der Waals surface area contributed by atoms with Gasteiger partial charge in [-0.2, -0.15) is 0 Å². The van der Waals surface area contributed by atoms with E-state index in [1.54, 1.807) is 20.3 Å². The second-order valence-corrected chi connectivity index (χ2v) is 5.91. The molecule has 6 heteroatoms. The van der Waals surface area contributed by atoms with Gasteiger partial charge < -0.3 is 9.47 Å². The average Bonchev–Trinajstić information content (AvgIpc) is 2.90. The monoisotopic (exact) mass is 348 g/mol. The Morgan fingerprint density at radius 1 is 0.769 bits per heavy atom. The molecule has 0 saturated heterocycles. The van der Waals surface area contributed by atoms with Gasteiger partial charge in [-0.05, 0) is 23.6 Å². The standard InChI is InChI=1S/C20H16N2O4/c1-25-15-8-4-3-6-12(15)17-11-7-5-9-16(26-2)13(11)10-14-18(17)20(24)22(21)19(14)23/h3-10H,21H2,1-2H3. The smallest absolute Gasteiger partial charge is 0.276 e. The van der Waals surface area contributed by atoms with E-state index in [-0.39, 0.29) is 11.1 Å². The molecule has 0 spiro atoms. The van der Waals surface area contributed by atoms with E-state index in [0.717, 1.165) is 10.8 Å². The van der Waals surface area contributed by atoms with Crippen LogP contribution in [0, 0.1) is 0 Å². The van der Waals surface area contributed by atoms with E-state index in [0.29, 0.717) is 27.6 Å². The van der Waals surface area contributed by atoms with E-state index in [4.69, 9.17) is 15.3 Å². The van der Waals surface area contributed by atoms with E-state index < -0.39 is 11.8 Å². The van der Waals surface area contributed by atoms with Gasteiger partial charge in [0.2, 0.25) is 0 Å². The molecule has 0 unspecified atom stereocenters. The molecule has 0 atom stereocenters. The van der Waals surface area contributed by atoms with Crippen molar-refractivity contribution in [3.8, 4) is 22.6 Å². The number of para-hydroxylation sites is 1. The van der Waals surface area contributed by atoms with Crippen LogP contribution < -0.4 is 15.3 Å². The van der Waals surface area contributed by atoms with Crippen molar-refractivity contribution in [1.29, 1.82) is 0 Å². The van der Waals surface area contributed by atoms with Gasteiger partial charge in [-0.15, -0.1) is 0 Å². The van der Waals surface area contributed by atoms with Crippen LogP contribution in [-0.2, 0) is 0 Å². The summed E-state index contributed by atoms with van der Waals surface area (Å²) >= 11 is 0. The zero-order valence-corrected chi connectivity index (χ0v) is 14.3. The number of rotatable bonds is 3. The zero-order chi connectivity index (χ0) is 18.4. The largest absolute Gasteiger partial charge is 0.496 e. The SMILES string of the molecule is COc1ccccc1-c1c2c(cc3c(OC)cccc13)C(=O)N(N)C2=O. The summed E-state index contributed by atoms with van der Waals surface area (Å²) in [6.45, 7) is 0. The number of carbonyl (C=O) groups is 2. The first-order valence-corrected chi connectivity index (χ1v) is 7.99. The average molecular weight is 348 g/mol. The predicted molar refractivity (Wildman–Crippen MR) is 97.2 cm³/mol. The van der Waals surface area contributed by atoms with Crippen molar-refractivity contribution in [1.82, 2.24) is 5.01 Å². The Morgan fingerprint density at radius 3 is 2.19 bits per heavy atom. The van der Waals surface area contributed by atoms with Crippen LogP contribution in [0.2, 0.25) is 0 Å². The van der Waals surface area contributed by atoms with Crippen LogP contribution in [0.4, 0.5) is 0 Å². The minimum Gasteiger partial charge on any atom is -0.496 e. The van der Waals surface area contributed by atoms with Crippen molar-refractivity contribution >= 4 is 22.6 Å². The summed E-state index contributed by atoms with van der Waals surface area (Å²) in [5.41, 5.74) is 1.86. The maximum absolute atomic E-state index is 12.7. The molecule has 0 aromatic heterocycles. The summed E-state index contributed by atoms with van der Waals surface area (Å²) in [6.07, 6.45) is 0. The number of nitrogens with two attached hydrogens (primary N) is 1. The van der Waals surface area contributed by atoms with Crippen LogP contribution in [0.3, 0.4) is 0 Å². The van der Waals surface area contributed by atoms with Crippen molar-refractivity contribution in [3.63, 3.8) is 0 Å². The van der Waals surface area contributed by atoms with E-state index in [2.05, 4.69) is 0 Å². The van der Waals surface area contributed by atoms with Gasteiger partial charge in [0.15, 0.2) is 0 Å². The van der Waals surface area contributed by atoms with Gasteiger partial charge in [-0.3, -0.25) is 9.59 Å². The number of hydrogen-bond donors (Lipinski definition) is 1. The lowest BCUT2D eigenvalue weighted by atomic mass is 9.89. The summed E-state index contributed by atoms with van der Waals surface area (Å²) in [7, 11) is 3.12. The van der Waals surface area contributed by atoms with Crippen LogP contribution >= 0.6 is 0 Å². The zero-order valence-electron chi connectivity index (χ0n) is 14.3. The normalized spacial score (nSPS) is 13.3. The first-order valence-electron chi connectivity index (χ1n) is 7.99. The molecule has 3 aromatic carbocycles. The van der Waals surface area contributed by atoms with Gasteiger partial charge in [0, 0.05) is 16.5 Å². The molecule has 0 bridgehead atoms. The van der Waals surface area contributed by atoms with Gasteiger partial charge in [0.1, 0.15) is 11.5 Å². The molecule has 1 heterocycles. The Balaban J connectivity index is 2.21. The molecular formula is C20H16N2O4. The summed E-state index contributed by atoms with van der Waals surface area (Å²) < 4.78 is 10.9. The summed E-state index contributed by atoms with van der Waals surface area (Å²) in [5.74, 6) is 5.84. The Bertz CT molecular complexity index is 1070. The fraction of sp³-hybridized carbons (Fsp3) is 0.100. The summed E-state index contributed by atoms with van der Waals surface area (Å²) in [4.78, 5) is 25.2. The van der Waals surface area contributed by atoms with Gasteiger partial charge >= 0.3 is 0 Å². The second-order valence-electron chi connectivity index (χ2n) is 5.91. The maximum Gasteiger partial charge on any atom is 0.276 e. The second kappa shape index (κ2) is 5.86. The number of methoxy groups -OCH3 is 2. The van der Waals surface area contributed by atoms with Gasteiger partial charge in [0.05, 0.1) is 25.3 Å². The highest BCUT2D eigenvalue weighted by molar-refractivity contribution is 6.27. The third kappa shape index (κ3) is 2.09. The number of imide groups is 1. The maximum atomic E-state index is 12.7. The van der Waals surface area contributed by atoms with Crippen molar-refractivity contribution in [3.05, 3.63) is 59.7 Å². The minimum atomic E-state index is -0.533. The minimum absolute atomic E-state index is 0.260. The highest BCUT2D eigenvalue weighted by atomic mass is 16.5. The first kappa shape index (κ1) is 16.1. The third-order valence-corrected chi connectivity index (χ3v) is 4.62. The molecule has 2 amide bonds. The molecule has 26 heavy (non-hydrogen) atoms. The summed E-state index contributed by atoms with van der Waals surface area (Å²) in [5, 5.41) is 2.16. The summed E-state index contributed by atoms with van der Waals surface area (Å²) in [6, 6.07) is 14.6. The molecule has 2 N–H and O–H groups in total. The molecule has 6 nitrogen and oxygen atoms in total. The highest BCUT2D eigenvalue weighted by Crippen LogP contribution is 2.43. The molecular weight excluding hydrogens is 332 g/mol. The molecule has 0 fully saturated rings. The first-order chi connectivity index (χ1) is 12.6. The molecule has 0 saturated carbocycles. The highest BCUT2D eigenvalue weighted by Gasteiger charge is 2.38. The molecule has 4 rings (SSSR count).